The molecular weight excluding hydrogens is 380 g/mol. The normalized spacial score (nSPS) is 15.7. The van der Waals surface area contributed by atoms with Gasteiger partial charge in [-0.05, 0) is 24.6 Å². The smallest absolute Gasteiger partial charge is 0.331 e. The maximum atomic E-state index is 12.4. The lowest BCUT2D eigenvalue weighted by atomic mass is 9.99. The second-order valence-electron chi connectivity index (χ2n) is 6.51. The first-order chi connectivity index (χ1) is 14.0. The number of aromatic hydroxyl groups is 1. The first-order valence-corrected chi connectivity index (χ1v) is 9.09. The maximum Gasteiger partial charge on any atom is 0.331 e. The van der Waals surface area contributed by atoms with Gasteiger partial charge < -0.3 is 24.7 Å². The average molecular weight is 404 g/mol. The fraction of sp³-hybridized carbons (Fsp3) is 0.421. The molecule has 1 atom stereocenters. The molecule has 29 heavy (non-hydrogen) atoms. The van der Waals surface area contributed by atoms with Gasteiger partial charge in [0.25, 0.3) is 5.56 Å². The van der Waals surface area contributed by atoms with E-state index < -0.39 is 17.1 Å². The van der Waals surface area contributed by atoms with E-state index in [0.717, 1.165) is 10.1 Å². The molecule has 0 saturated carbocycles. The molecule has 0 amide bonds. The van der Waals surface area contributed by atoms with Crippen LogP contribution in [0.25, 0.3) is 0 Å². The third-order valence-electron chi connectivity index (χ3n) is 4.76. The van der Waals surface area contributed by atoms with Crippen molar-refractivity contribution in [2.75, 3.05) is 27.9 Å². The standard InChI is InChI=1S/C19H24N4O6/c1-27-8-4-7-23-18(25)16(17(24)20-19(23)26)14-10-13(21-22-14)12-9-11(28-2)5-6-15(12)29-3/h5-6,9,13,21,25H,4,7-8,10H2,1-3H3,(H,20,24,26)/t13-/m1/s1. The summed E-state index contributed by atoms with van der Waals surface area (Å²) in [6.07, 6.45) is 0.820. The van der Waals surface area contributed by atoms with Crippen LogP contribution in [0.4, 0.5) is 0 Å². The lowest BCUT2D eigenvalue weighted by Crippen LogP contribution is -2.34. The molecule has 2 heterocycles. The highest BCUT2D eigenvalue weighted by atomic mass is 16.5. The van der Waals surface area contributed by atoms with Crippen molar-refractivity contribution in [2.45, 2.75) is 25.4 Å². The van der Waals surface area contributed by atoms with Gasteiger partial charge in [0.15, 0.2) is 0 Å². The van der Waals surface area contributed by atoms with Crippen LogP contribution in [0.5, 0.6) is 17.4 Å². The van der Waals surface area contributed by atoms with E-state index in [0.29, 0.717) is 36.7 Å². The van der Waals surface area contributed by atoms with Crippen LogP contribution in [0.15, 0.2) is 32.9 Å². The van der Waals surface area contributed by atoms with Crippen LogP contribution < -0.4 is 26.1 Å². The van der Waals surface area contributed by atoms with E-state index >= 15 is 0 Å². The first kappa shape index (κ1) is 20.5. The Hall–Kier alpha value is -3.27. The zero-order valence-corrected chi connectivity index (χ0v) is 16.5. The number of nitrogens with one attached hydrogen (secondary N) is 2. The van der Waals surface area contributed by atoms with E-state index in [1.807, 2.05) is 6.07 Å². The van der Waals surface area contributed by atoms with Crippen molar-refractivity contribution in [3.63, 3.8) is 0 Å². The number of hydrazone groups is 1. The van der Waals surface area contributed by atoms with Crippen LogP contribution in [0.1, 0.15) is 30.0 Å². The largest absolute Gasteiger partial charge is 0.497 e. The molecule has 0 spiro atoms. The van der Waals surface area contributed by atoms with E-state index in [-0.39, 0.29) is 18.2 Å². The molecule has 0 saturated heterocycles. The second-order valence-corrected chi connectivity index (χ2v) is 6.51. The Labute approximate surface area is 166 Å². The molecule has 1 aromatic heterocycles. The molecule has 1 aliphatic rings. The zero-order chi connectivity index (χ0) is 21.0. The van der Waals surface area contributed by atoms with Gasteiger partial charge in [0.05, 0.1) is 26.0 Å². The summed E-state index contributed by atoms with van der Waals surface area (Å²) in [6.45, 7) is 0.622. The maximum absolute atomic E-state index is 12.4. The van der Waals surface area contributed by atoms with Gasteiger partial charge in [0.1, 0.15) is 17.1 Å². The molecule has 0 fully saturated rings. The number of aromatic amines is 1. The molecule has 3 N–H and O–H groups in total. The number of hydrogen-bond donors (Lipinski definition) is 3. The van der Waals surface area contributed by atoms with Crippen LogP contribution in [0.2, 0.25) is 0 Å². The SMILES string of the molecule is COCCCn1c(O)c(C2=NN[C@@H](c3cc(OC)ccc3OC)C2)c(=O)[nH]c1=O. The highest BCUT2D eigenvalue weighted by Crippen LogP contribution is 2.34. The van der Waals surface area contributed by atoms with Gasteiger partial charge in [-0.3, -0.25) is 14.3 Å². The Morgan fingerprint density at radius 2 is 2.03 bits per heavy atom. The Bertz CT molecular complexity index is 1030. The number of aromatic nitrogens is 2. The molecule has 3 rings (SSSR count). The number of H-pyrrole nitrogens is 1. The number of rotatable bonds is 8. The topological polar surface area (TPSA) is 127 Å². The molecule has 1 aromatic carbocycles. The zero-order valence-electron chi connectivity index (χ0n) is 16.5. The van der Waals surface area contributed by atoms with Gasteiger partial charge in [-0.15, -0.1) is 0 Å². The summed E-state index contributed by atoms with van der Waals surface area (Å²) in [7, 11) is 4.68. The van der Waals surface area contributed by atoms with Crippen LogP contribution in [0.3, 0.4) is 0 Å². The van der Waals surface area contributed by atoms with Crippen LogP contribution >= 0.6 is 0 Å². The molecule has 0 unspecified atom stereocenters. The fourth-order valence-corrected chi connectivity index (χ4v) is 3.28. The number of hydrogen-bond acceptors (Lipinski definition) is 8. The van der Waals surface area contributed by atoms with Gasteiger partial charge in [-0.2, -0.15) is 5.10 Å². The van der Waals surface area contributed by atoms with Gasteiger partial charge in [0, 0.05) is 32.2 Å². The van der Waals surface area contributed by atoms with Crippen LogP contribution in [-0.2, 0) is 11.3 Å². The minimum absolute atomic E-state index is 0.0288. The number of nitrogens with zero attached hydrogens (tertiary/aromatic N) is 2. The fourth-order valence-electron chi connectivity index (χ4n) is 3.28. The van der Waals surface area contributed by atoms with E-state index in [1.54, 1.807) is 33.5 Å². The number of methoxy groups -OCH3 is 3. The lowest BCUT2D eigenvalue weighted by molar-refractivity contribution is 0.188. The third-order valence-corrected chi connectivity index (χ3v) is 4.76. The monoisotopic (exact) mass is 404 g/mol. The molecule has 10 heteroatoms. The Kier molecular flexibility index (Phi) is 6.23. The van der Waals surface area contributed by atoms with Crippen LogP contribution in [-0.4, -0.2) is 48.3 Å². The summed E-state index contributed by atoms with van der Waals surface area (Å²) >= 11 is 0. The summed E-state index contributed by atoms with van der Waals surface area (Å²) < 4.78 is 16.8. The van der Waals surface area contributed by atoms with Crippen LogP contribution in [0, 0.1) is 0 Å². The number of ether oxygens (including phenoxy) is 3. The highest BCUT2D eigenvalue weighted by molar-refractivity contribution is 6.03. The third kappa shape index (κ3) is 4.11. The first-order valence-electron chi connectivity index (χ1n) is 9.09. The van der Waals surface area contributed by atoms with Gasteiger partial charge >= 0.3 is 5.69 Å². The van der Waals surface area contributed by atoms with E-state index in [4.69, 9.17) is 14.2 Å². The minimum atomic E-state index is -0.686. The van der Waals surface area contributed by atoms with Crippen molar-refractivity contribution in [2.24, 2.45) is 5.10 Å². The Balaban J connectivity index is 1.91. The molecule has 0 aliphatic carbocycles. The van der Waals surface area contributed by atoms with E-state index in [1.165, 1.54) is 0 Å². The van der Waals surface area contributed by atoms with Gasteiger partial charge in [-0.25, -0.2) is 4.79 Å². The molecule has 10 nitrogen and oxygen atoms in total. The molecule has 0 bridgehead atoms. The van der Waals surface area contributed by atoms with Crippen molar-refractivity contribution in [1.82, 2.24) is 15.0 Å². The van der Waals surface area contributed by atoms with Crippen molar-refractivity contribution >= 4 is 5.71 Å². The van der Waals surface area contributed by atoms with Gasteiger partial charge in [0.2, 0.25) is 5.88 Å². The predicted octanol–water partition coefficient (Wildman–Crippen LogP) is 0.735. The quantitative estimate of drug-likeness (QED) is 0.554. The van der Waals surface area contributed by atoms with Crippen molar-refractivity contribution in [1.29, 1.82) is 0 Å². The summed E-state index contributed by atoms with van der Waals surface area (Å²) in [5.41, 5.74) is 2.73. The van der Waals surface area contributed by atoms with E-state index in [9.17, 15) is 14.7 Å². The summed E-state index contributed by atoms with van der Waals surface area (Å²) in [4.78, 5) is 26.7. The van der Waals surface area contributed by atoms with Crippen molar-refractivity contribution < 1.29 is 19.3 Å². The van der Waals surface area contributed by atoms with Crippen molar-refractivity contribution in [3.05, 3.63) is 50.2 Å². The predicted molar refractivity (Wildman–Crippen MR) is 106 cm³/mol. The molecule has 156 valence electrons. The van der Waals surface area contributed by atoms with Gasteiger partial charge in [-0.1, -0.05) is 0 Å². The Morgan fingerprint density at radius 1 is 1.24 bits per heavy atom. The Morgan fingerprint density at radius 3 is 2.72 bits per heavy atom. The molecule has 2 aromatic rings. The minimum Gasteiger partial charge on any atom is -0.497 e. The number of benzene rings is 1. The van der Waals surface area contributed by atoms with Crippen molar-refractivity contribution in [3.8, 4) is 17.4 Å². The average Bonchev–Trinajstić information content (AvgIpc) is 3.19. The lowest BCUT2D eigenvalue weighted by Gasteiger charge is -2.16. The van der Waals surface area contributed by atoms with E-state index in [2.05, 4.69) is 15.5 Å². The second kappa shape index (κ2) is 8.82. The highest BCUT2D eigenvalue weighted by Gasteiger charge is 2.29. The molecule has 0 radical (unpaired) electrons. The summed E-state index contributed by atoms with van der Waals surface area (Å²) in [5.74, 6) is 0.888. The molecule has 1 aliphatic heterocycles. The molecular formula is C19H24N4O6. The summed E-state index contributed by atoms with van der Waals surface area (Å²) in [5, 5.41) is 14.8. The summed E-state index contributed by atoms with van der Waals surface area (Å²) in [6, 6.07) is 5.10.